The standard InChI is InChI=1S/C35H61N3O12S/c1-27(34(45)46)37-31(41)23-22-28(35(47)48)26-29(39)18-16-24-36-30(40)20-17-25-51(49,50)38-32(42)19-14-12-10-8-6-4-2-3-5-7-9-11-13-15-21-33(43)44/h27-28H,2-26H2,1H3,(H,36,40)(H,37,41)(H,38,42)(H,43,44)(H,45,46)(H,47,48)/t27?,28-/m1/s1. The SMILES string of the molecule is CC(NC(=O)CC[C@H](CC(=O)CCCNC(=O)CCCS(=O)(=O)NC(=O)CCCCCCCCCCCCCCCCC(=O)O)C(=O)O)C(=O)O. The van der Waals surface area contributed by atoms with Crippen LogP contribution in [0, 0.1) is 5.92 Å². The first-order valence-electron chi connectivity index (χ1n) is 18.4. The molecule has 0 aliphatic heterocycles. The van der Waals surface area contributed by atoms with E-state index in [0.29, 0.717) is 6.42 Å². The van der Waals surface area contributed by atoms with Crippen LogP contribution < -0.4 is 15.4 Å². The summed E-state index contributed by atoms with van der Waals surface area (Å²) in [5.74, 6) is -6.68. The number of carboxylic acid groups (broad SMARTS) is 3. The normalized spacial score (nSPS) is 12.4. The molecule has 16 heteroatoms. The van der Waals surface area contributed by atoms with Crippen molar-refractivity contribution in [2.45, 2.75) is 161 Å². The van der Waals surface area contributed by atoms with E-state index in [1.807, 2.05) is 0 Å². The fourth-order valence-electron chi connectivity index (χ4n) is 5.35. The number of ketones is 1. The van der Waals surface area contributed by atoms with Crippen LogP contribution in [0.15, 0.2) is 0 Å². The molecule has 0 aromatic rings. The van der Waals surface area contributed by atoms with Gasteiger partial charge in [-0.05, 0) is 39.0 Å². The average molecular weight is 748 g/mol. The van der Waals surface area contributed by atoms with Crippen LogP contribution in [0.2, 0.25) is 0 Å². The van der Waals surface area contributed by atoms with E-state index < -0.39 is 57.6 Å². The Labute approximate surface area is 302 Å². The summed E-state index contributed by atoms with van der Waals surface area (Å²) in [6.45, 7) is 1.40. The minimum absolute atomic E-state index is 0.00108. The molecule has 6 N–H and O–H groups in total. The molecule has 0 rings (SSSR count). The zero-order chi connectivity index (χ0) is 38.5. The minimum Gasteiger partial charge on any atom is -0.481 e. The van der Waals surface area contributed by atoms with Crippen LogP contribution in [-0.4, -0.2) is 83.5 Å². The van der Waals surface area contributed by atoms with Gasteiger partial charge in [0.15, 0.2) is 0 Å². The summed E-state index contributed by atoms with van der Waals surface area (Å²) < 4.78 is 26.5. The van der Waals surface area contributed by atoms with Gasteiger partial charge in [0.1, 0.15) is 11.8 Å². The molecule has 0 spiro atoms. The molecule has 2 atom stereocenters. The lowest BCUT2D eigenvalue weighted by Gasteiger charge is -2.13. The van der Waals surface area contributed by atoms with Crippen molar-refractivity contribution in [1.82, 2.24) is 15.4 Å². The average Bonchev–Trinajstić information content (AvgIpc) is 3.04. The van der Waals surface area contributed by atoms with Crippen LogP contribution >= 0.6 is 0 Å². The highest BCUT2D eigenvalue weighted by molar-refractivity contribution is 7.90. The molecule has 294 valence electrons. The first-order valence-corrected chi connectivity index (χ1v) is 20.1. The van der Waals surface area contributed by atoms with Crippen molar-refractivity contribution in [3.63, 3.8) is 0 Å². The summed E-state index contributed by atoms with van der Waals surface area (Å²) in [4.78, 5) is 81.0. The second-order valence-corrected chi connectivity index (χ2v) is 15.0. The van der Waals surface area contributed by atoms with Crippen molar-refractivity contribution >= 4 is 51.4 Å². The number of sulfonamides is 1. The summed E-state index contributed by atoms with van der Waals surface area (Å²) in [5.41, 5.74) is 0. The number of rotatable bonds is 34. The molecule has 0 saturated heterocycles. The van der Waals surface area contributed by atoms with Crippen molar-refractivity contribution in [1.29, 1.82) is 0 Å². The lowest BCUT2D eigenvalue weighted by atomic mass is 9.95. The predicted molar refractivity (Wildman–Crippen MR) is 190 cm³/mol. The van der Waals surface area contributed by atoms with Gasteiger partial charge in [0.2, 0.25) is 27.7 Å². The third-order valence-electron chi connectivity index (χ3n) is 8.38. The highest BCUT2D eigenvalue weighted by Gasteiger charge is 2.23. The molecule has 3 amide bonds. The van der Waals surface area contributed by atoms with E-state index >= 15 is 0 Å². The van der Waals surface area contributed by atoms with Crippen LogP contribution in [0.5, 0.6) is 0 Å². The Hall–Kier alpha value is -3.56. The zero-order valence-electron chi connectivity index (χ0n) is 30.3. The molecule has 0 radical (unpaired) electrons. The van der Waals surface area contributed by atoms with E-state index in [-0.39, 0.29) is 75.9 Å². The Morgan fingerprint density at radius 2 is 1.04 bits per heavy atom. The molecule has 1 unspecified atom stereocenters. The molecule has 0 saturated carbocycles. The smallest absolute Gasteiger partial charge is 0.325 e. The molecule has 0 aromatic carbocycles. The molecule has 0 bridgehead atoms. The number of aliphatic carboxylic acids is 3. The summed E-state index contributed by atoms with van der Waals surface area (Å²) >= 11 is 0. The first-order chi connectivity index (χ1) is 24.1. The van der Waals surface area contributed by atoms with Crippen LogP contribution in [0.4, 0.5) is 0 Å². The monoisotopic (exact) mass is 747 g/mol. The number of carboxylic acids is 3. The van der Waals surface area contributed by atoms with Gasteiger partial charge in [0, 0.05) is 45.1 Å². The highest BCUT2D eigenvalue weighted by Crippen LogP contribution is 2.15. The largest absolute Gasteiger partial charge is 0.481 e. The van der Waals surface area contributed by atoms with E-state index in [2.05, 4.69) is 15.4 Å². The number of carbonyl (C=O) groups is 7. The highest BCUT2D eigenvalue weighted by atomic mass is 32.2. The summed E-state index contributed by atoms with van der Waals surface area (Å²) in [6.07, 6.45) is 14.5. The van der Waals surface area contributed by atoms with Gasteiger partial charge in [-0.1, -0.05) is 77.0 Å². The molecule has 15 nitrogen and oxygen atoms in total. The number of Topliss-reactive ketones (excluding diaryl/α,β-unsaturated/α-hetero) is 1. The molecule has 0 aliphatic carbocycles. The summed E-state index contributed by atoms with van der Waals surface area (Å²) in [6, 6.07) is -1.12. The Morgan fingerprint density at radius 3 is 1.53 bits per heavy atom. The third kappa shape index (κ3) is 29.8. The lowest BCUT2D eigenvalue weighted by molar-refractivity contribution is -0.145. The number of nitrogens with one attached hydrogen (secondary N) is 3. The van der Waals surface area contributed by atoms with Crippen molar-refractivity contribution in [3.05, 3.63) is 0 Å². The molecule has 0 aliphatic rings. The fraction of sp³-hybridized carbons (Fsp3) is 0.800. The van der Waals surface area contributed by atoms with Crippen LogP contribution in [0.1, 0.15) is 155 Å². The van der Waals surface area contributed by atoms with E-state index in [1.165, 1.54) is 39.0 Å². The summed E-state index contributed by atoms with van der Waals surface area (Å²) in [7, 11) is -3.87. The van der Waals surface area contributed by atoms with Gasteiger partial charge in [0.05, 0.1) is 11.7 Å². The molecule has 0 heterocycles. The maximum absolute atomic E-state index is 12.2. The van der Waals surface area contributed by atoms with Crippen molar-refractivity contribution in [2.75, 3.05) is 12.3 Å². The van der Waals surface area contributed by atoms with Gasteiger partial charge >= 0.3 is 17.9 Å². The Balaban J connectivity index is 3.90. The van der Waals surface area contributed by atoms with E-state index in [9.17, 15) is 47.1 Å². The van der Waals surface area contributed by atoms with E-state index in [4.69, 9.17) is 10.2 Å². The van der Waals surface area contributed by atoms with Gasteiger partial charge < -0.3 is 26.0 Å². The molecule has 0 aromatic heterocycles. The minimum atomic E-state index is -3.87. The van der Waals surface area contributed by atoms with Gasteiger partial charge in [-0.2, -0.15) is 0 Å². The number of hydrogen-bond donors (Lipinski definition) is 6. The Kier molecular flexibility index (Phi) is 27.0. The first kappa shape index (κ1) is 47.4. The van der Waals surface area contributed by atoms with Crippen molar-refractivity contribution < 1.29 is 57.3 Å². The number of carbonyl (C=O) groups excluding carboxylic acids is 4. The third-order valence-corrected chi connectivity index (χ3v) is 9.74. The molecule has 0 fully saturated rings. The Bertz CT molecular complexity index is 1190. The lowest BCUT2D eigenvalue weighted by Crippen LogP contribution is -2.38. The van der Waals surface area contributed by atoms with Crippen LogP contribution in [-0.2, 0) is 43.6 Å². The fourth-order valence-corrected chi connectivity index (χ4v) is 6.43. The Morgan fingerprint density at radius 1 is 0.549 bits per heavy atom. The second-order valence-electron chi connectivity index (χ2n) is 13.2. The molecule has 51 heavy (non-hydrogen) atoms. The predicted octanol–water partition coefficient (Wildman–Crippen LogP) is 4.46. The van der Waals surface area contributed by atoms with Crippen molar-refractivity contribution in [2.24, 2.45) is 5.92 Å². The molecular weight excluding hydrogens is 686 g/mol. The van der Waals surface area contributed by atoms with Gasteiger partial charge in [0.25, 0.3) is 0 Å². The number of amides is 3. The topological polar surface area (TPSA) is 250 Å². The van der Waals surface area contributed by atoms with Crippen LogP contribution in [0.3, 0.4) is 0 Å². The molecular formula is C35H61N3O12S. The second kappa shape index (κ2) is 29.1. The maximum atomic E-state index is 12.2. The van der Waals surface area contributed by atoms with E-state index in [0.717, 1.165) is 51.4 Å². The maximum Gasteiger partial charge on any atom is 0.325 e. The van der Waals surface area contributed by atoms with Crippen LogP contribution in [0.25, 0.3) is 0 Å². The van der Waals surface area contributed by atoms with Gasteiger partial charge in [-0.25, -0.2) is 8.42 Å². The quantitative estimate of drug-likeness (QED) is 0.0499. The number of unbranched alkanes of at least 4 members (excludes halogenated alkanes) is 13. The van der Waals surface area contributed by atoms with Gasteiger partial charge in [-0.3, -0.25) is 38.3 Å². The van der Waals surface area contributed by atoms with Gasteiger partial charge in [-0.15, -0.1) is 0 Å². The zero-order valence-corrected chi connectivity index (χ0v) is 31.1. The summed E-state index contributed by atoms with van der Waals surface area (Å²) in [5, 5.41) is 31.6. The van der Waals surface area contributed by atoms with E-state index in [1.54, 1.807) is 0 Å². The van der Waals surface area contributed by atoms with Crippen molar-refractivity contribution in [3.8, 4) is 0 Å². The number of hydrogen-bond acceptors (Lipinski definition) is 9.